The van der Waals surface area contributed by atoms with E-state index in [0.717, 1.165) is 71.7 Å². The minimum atomic E-state index is -0.422. The largest absolute Gasteiger partial charge is 0.469 e. The Morgan fingerprint density at radius 3 is 1.42 bits per heavy atom. The van der Waals surface area contributed by atoms with Crippen molar-refractivity contribution >= 4 is 51.2 Å². The summed E-state index contributed by atoms with van der Waals surface area (Å²) in [6.07, 6.45) is 5.70. The topological polar surface area (TPSA) is 128 Å². The maximum Gasteiger partial charge on any atom is 0.306 e. The number of benzene rings is 3. The lowest BCUT2D eigenvalue weighted by Crippen LogP contribution is -2.39. The quantitative estimate of drug-likeness (QED) is 0.113. The first-order valence-electron chi connectivity index (χ1n) is 23.9. The average Bonchev–Trinajstić information content (AvgIpc) is 4.14. The number of aromatic amines is 2. The number of esters is 2. The second kappa shape index (κ2) is 18.7. The van der Waals surface area contributed by atoms with Gasteiger partial charge >= 0.3 is 11.9 Å². The Morgan fingerprint density at radius 1 is 0.600 bits per heavy atom. The van der Waals surface area contributed by atoms with Crippen LogP contribution in [0, 0.1) is 23.7 Å². The molecule has 0 aliphatic carbocycles. The Morgan fingerprint density at radius 2 is 1.03 bits per heavy atom. The maximum absolute atomic E-state index is 14.0. The molecular formula is C54H69N5O6. The van der Waals surface area contributed by atoms with Crippen LogP contribution in [-0.2, 0) is 34.1 Å². The van der Waals surface area contributed by atoms with Crippen LogP contribution in [0.3, 0.4) is 0 Å². The van der Waals surface area contributed by atoms with Gasteiger partial charge in [0, 0.05) is 41.2 Å². The molecule has 2 aromatic heterocycles. The lowest BCUT2D eigenvalue weighted by atomic mass is 9.87. The van der Waals surface area contributed by atoms with E-state index in [0.29, 0.717) is 13.1 Å². The molecule has 0 saturated carbocycles. The summed E-state index contributed by atoms with van der Waals surface area (Å²) in [5.41, 5.74) is 9.18. The molecule has 5 heterocycles. The van der Waals surface area contributed by atoms with Crippen LogP contribution in [-0.4, -0.2) is 70.8 Å². The minimum Gasteiger partial charge on any atom is -0.469 e. The number of nitrogens with one attached hydrogen (secondary N) is 2. The number of anilines is 1. The van der Waals surface area contributed by atoms with Gasteiger partial charge in [-0.1, -0.05) is 84.9 Å². The first-order valence-corrected chi connectivity index (χ1v) is 23.9. The maximum atomic E-state index is 14.0. The molecule has 3 aliphatic heterocycles. The number of ether oxygens (including phenoxy) is 2. The third kappa shape index (κ3) is 9.30. The molecule has 0 bridgehead atoms. The van der Waals surface area contributed by atoms with Crippen molar-refractivity contribution in [2.75, 3.05) is 32.2 Å². The summed E-state index contributed by atoms with van der Waals surface area (Å²) in [6.45, 7) is 16.1. The fourth-order valence-electron chi connectivity index (χ4n) is 10.9. The zero-order valence-corrected chi connectivity index (χ0v) is 39.9. The van der Waals surface area contributed by atoms with Crippen molar-refractivity contribution in [3.8, 4) is 0 Å². The minimum absolute atomic E-state index is 0.0159. The number of rotatable bonds is 13. The number of nitrogens with zero attached hydrogens (tertiary/aromatic N) is 3. The van der Waals surface area contributed by atoms with E-state index in [-0.39, 0.29) is 78.0 Å². The molecule has 3 fully saturated rings. The molecule has 11 nitrogen and oxygen atoms in total. The summed E-state index contributed by atoms with van der Waals surface area (Å²) in [7, 11) is 2.76. The van der Waals surface area contributed by atoms with Gasteiger partial charge in [0.15, 0.2) is 0 Å². The Bertz CT molecular complexity index is 2380. The van der Waals surface area contributed by atoms with E-state index in [1.807, 2.05) is 37.5 Å². The fraction of sp³-hybridized carbons (Fsp3) is 0.519. The zero-order valence-electron chi connectivity index (χ0n) is 39.9. The standard InChI is InChI=1S/C54H69N5O6/c1-32(2)40(30-50(60)64-8)52(62)57-24-10-12-48(57)44-26-34-14-16-36(28-42(34)55-44)46-22-23-47(59(46)39-20-18-38(19-21-39)54(5,6)7)37-17-15-35-27-45(56-43(35)29-37)49-13-11-25-58(49)53(63)41(33(3)4)31-51(61)65-9/h14-21,26-29,32-33,40-41,46-49,55-56H,10-13,22-25,30-31H2,1-9H3/t40-,41-,46+,47+,48-,49-/m0/s1. The van der Waals surface area contributed by atoms with E-state index in [2.05, 4.69) is 108 Å². The van der Waals surface area contributed by atoms with Crippen LogP contribution in [0.4, 0.5) is 5.69 Å². The molecule has 346 valence electrons. The van der Waals surface area contributed by atoms with Crippen molar-refractivity contribution in [3.63, 3.8) is 0 Å². The molecule has 2 N–H and O–H groups in total. The predicted octanol–water partition coefficient (Wildman–Crippen LogP) is 11.0. The highest BCUT2D eigenvalue weighted by Crippen LogP contribution is 2.48. The number of hydrogen-bond acceptors (Lipinski definition) is 7. The van der Waals surface area contributed by atoms with Gasteiger partial charge in [0.1, 0.15) is 0 Å². The van der Waals surface area contributed by atoms with Crippen molar-refractivity contribution < 1.29 is 28.7 Å². The molecular weight excluding hydrogens is 815 g/mol. The summed E-state index contributed by atoms with van der Waals surface area (Å²) in [5, 5.41) is 2.24. The van der Waals surface area contributed by atoms with Crippen LogP contribution in [0.25, 0.3) is 21.8 Å². The molecule has 0 radical (unpaired) electrons. The van der Waals surface area contributed by atoms with E-state index in [1.54, 1.807) is 0 Å². The van der Waals surface area contributed by atoms with Crippen molar-refractivity contribution in [3.05, 3.63) is 101 Å². The fourth-order valence-corrected chi connectivity index (χ4v) is 10.9. The number of amides is 2. The molecule has 6 atom stereocenters. The normalized spacial score (nSPS) is 21.2. The van der Waals surface area contributed by atoms with Gasteiger partial charge in [-0.15, -0.1) is 0 Å². The van der Waals surface area contributed by atoms with Crippen molar-refractivity contribution in [2.45, 2.75) is 129 Å². The smallest absolute Gasteiger partial charge is 0.306 e. The van der Waals surface area contributed by atoms with Gasteiger partial charge in [0.25, 0.3) is 0 Å². The number of methoxy groups -OCH3 is 2. The van der Waals surface area contributed by atoms with Gasteiger partial charge in [-0.3, -0.25) is 19.2 Å². The van der Waals surface area contributed by atoms with Gasteiger partial charge in [-0.2, -0.15) is 0 Å². The van der Waals surface area contributed by atoms with Gasteiger partial charge in [-0.05, 0) is 120 Å². The van der Waals surface area contributed by atoms with Crippen molar-refractivity contribution in [2.24, 2.45) is 23.7 Å². The number of hydrogen-bond donors (Lipinski definition) is 2. The molecule has 2 amide bonds. The van der Waals surface area contributed by atoms with Crippen molar-refractivity contribution in [1.29, 1.82) is 0 Å². The lowest BCUT2D eigenvalue weighted by molar-refractivity contribution is -0.148. The SMILES string of the molecule is COC(=O)C[C@H](C(=O)N1CCC[C@H]1c1cc2ccc([C@H]3CC[C@H](c4ccc5cc([C@@H]6CCCN6C(=O)[C@@H](CC(=O)OC)C(C)C)[nH]c5c4)N3c3ccc(C(C)(C)C)cc3)cc2[nH]1)C(C)C. The van der Waals surface area contributed by atoms with Gasteiger partial charge in [0.2, 0.25) is 11.8 Å². The number of aromatic nitrogens is 2. The summed E-state index contributed by atoms with van der Waals surface area (Å²) in [4.78, 5) is 66.6. The summed E-state index contributed by atoms with van der Waals surface area (Å²) >= 11 is 0. The van der Waals surface area contributed by atoms with Crippen LogP contribution in [0.5, 0.6) is 0 Å². The third-order valence-electron chi connectivity index (χ3n) is 14.8. The molecule has 3 aromatic carbocycles. The highest BCUT2D eigenvalue weighted by atomic mass is 16.5. The molecule has 3 saturated heterocycles. The molecule has 65 heavy (non-hydrogen) atoms. The number of H-pyrrole nitrogens is 2. The Balaban J connectivity index is 1.09. The molecule has 5 aromatic rings. The second-order valence-electron chi connectivity index (χ2n) is 20.6. The van der Waals surface area contributed by atoms with Gasteiger partial charge < -0.3 is 34.1 Å². The van der Waals surface area contributed by atoms with Gasteiger partial charge in [-0.25, -0.2) is 0 Å². The van der Waals surface area contributed by atoms with Crippen LogP contribution in [0.1, 0.15) is 152 Å². The Kier molecular flexibility index (Phi) is 13.2. The monoisotopic (exact) mass is 884 g/mol. The van der Waals surface area contributed by atoms with E-state index < -0.39 is 11.8 Å². The lowest BCUT2D eigenvalue weighted by Gasteiger charge is -2.34. The van der Waals surface area contributed by atoms with E-state index in [4.69, 9.17) is 9.47 Å². The molecule has 3 aliphatic rings. The Hall–Kier alpha value is -5.58. The first-order chi connectivity index (χ1) is 31.1. The highest BCUT2D eigenvalue weighted by molar-refractivity contribution is 5.87. The third-order valence-corrected chi connectivity index (χ3v) is 14.8. The number of likely N-dealkylation sites (tertiary alicyclic amines) is 2. The summed E-state index contributed by atoms with van der Waals surface area (Å²) < 4.78 is 9.92. The zero-order chi connectivity index (χ0) is 46.3. The Labute approximate surface area is 384 Å². The van der Waals surface area contributed by atoms with Crippen LogP contribution < -0.4 is 4.90 Å². The number of carbonyl (C=O) groups is 4. The summed E-state index contributed by atoms with van der Waals surface area (Å²) in [6, 6.07) is 27.2. The summed E-state index contributed by atoms with van der Waals surface area (Å²) in [5.74, 6) is -1.47. The molecule has 0 spiro atoms. The highest BCUT2D eigenvalue weighted by Gasteiger charge is 2.40. The van der Waals surface area contributed by atoms with Crippen LogP contribution in [0.15, 0.2) is 72.8 Å². The van der Waals surface area contributed by atoms with Gasteiger partial charge in [0.05, 0.1) is 63.1 Å². The average molecular weight is 884 g/mol. The number of carbonyl (C=O) groups excluding carboxylic acids is 4. The van der Waals surface area contributed by atoms with E-state index >= 15 is 0 Å². The molecule has 0 unspecified atom stereocenters. The second-order valence-corrected chi connectivity index (χ2v) is 20.6. The number of fused-ring (bicyclic) bond motifs is 2. The van der Waals surface area contributed by atoms with Crippen LogP contribution >= 0.6 is 0 Å². The predicted molar refractivity (Wildman–Crippen MR) is 256 cm³/mol. The van der Waals surface area contributed by atoms with E-state index in [9.17, 15) is 19.2 Å². The van der Waals surface area contributed by atoms with Crippen LogP contribution in [0.2, 0.25) is 0 Å². The van der Waals surface area contributed by atoms with E-state index in [1.165, 1.54) is 36.6 Å². The molecule has 8 rings (SSSR count). The van der Waals surface area contributed by atoms with Crippen molar-refractivity contribution in [1.82, 2.24) is 19.8 Å². The first kappa shape index (κ1) is 46.0. The molecule has 11 heteroatoms.